The molecule has 0 fully saturated rings. The Kier molecular flexibility index (Phi) is 5.75. The lowest BCUT2D eigenvalue weighted by Gasteiger charge is -2.11. The largest absolute Gasteiger partial charge is 0.492 e. The molecule has 0 aromatic heterocycles. The molecule has 4 heteroatoms. The van der Waals surface area contributed by atoms with E-state index >= 15 is 0 Å². The van der Waals surface area contributed by atoms with Crippen molar-refractivity contribution in [2.75, 3.05) is 13.2 Å². The van der Waals surface area contributed by atoms with E-state index in [9.17, 15) is 4.79 Å². The molecule has 0 aliphatic heterocycles. The van der Waals surface area contributed by atoms with Crippen LogP contribution >= 0.6 is 0 Å². The molecule has 18 heavy (non-hydrogen) atoms. The molecule has 0 aliphatic rings. The minimum Gasteiger partial charge on any atom is -0.492 e. The number of ether oxygens (including phenoxy) is 1. The zero-order valence-electron chi connectivity index (χ0n) is 10.3. The van der Waals surface area contributed by atoms with Crippen molar-refractivity contribution in [3.63, 3.8) is 0 Å². The maximum absolute atomic E-state index is 10.8. The molecule has 1 aromatic rings. The lowest BCUT2D eigenvalue weighted by atomic mass is 10.2. The number of benzene rings is 1. The van der Waals surface area contributed by atoms with Gasteiger partial charge < -0.3 is 15.2 Å². The quantitative estimate of drug-likeness (QED) is 0.569. The summed E-state index contributed by atoms with van der Waals surface area (Å²) in [6.45, 7) is 3.08. The van der Waals surface area contributed by atoms with Gasteiger partial charge in [-0.15, -0.1) is 6.42 Å². The van der Waals surface area contributed by atoms with Crippen molar-refractivity contribution in [3.05, 3.63) is 29.8 Å². The van der Waals surface area contributed by atoms with Gasteiger partial charge in [0.2, 0.25) is 0 Å². The molecule has 0 bridgehead atoms. The molecule has 0 amide bonds. The van der Waals surface area contributed by atoms with Crippen LogP contribution in [-0.4, -0.2) is 30.3 Å². The Labute approximate surface area is 107 Å². The summed E-state index contributed by atoms with van der Waals surface area (Å²) in [5.74, 6) is 2.22. The Morgan fingerprint density at radius 1 is 1.61 bits per heavy atom. The molecular weight excluding hydrogens is 230 g/mol. The van der Waals surface area contributed by atoms with Gasteiger partial charge in [0.05, 0.1) is 11.6 Å². The van der Waals surface area contributed by atoms with Crippen molar-refractivity contribution in [3.8, 4) is 18.1 Å². The second kappa shape index (κ2) is 7.36. The van der Waals surface area contributed by atoms with Gasteiger partial charge in [0.1, 0.15) is 12.4 Å². The van der Waals surface area contributed by atoms with Crippen LogP contribution in [0.15, 0.2) is 24.3 Å². The van der Waals surface area contributed by atoms with Crippen LogP contribution < -0.4 is 10.1 Å². The van der Waals surface area contributed by atoms with Crippen LogP contribution in [-0.2, 0) is 0 Å². The Morgan fingerprint density at radius 2 is 2.39 bits per heavy atom. The minimum atomic E-state index is -0.961. The standard InChI is InChI=1S/C14H17NO3/c1-3-12(4-2)15-8-9-18-13-7-5-6-11(10-13)14(16)17/h1,5-7,10,12,15H,4,8-9H2,2H3,(H,16,17). The lowest BCUT2D eigenvalue weighted by molar-refractivity contribution is 0.0696. The third-order valence-electron chi connectivity index (χ3n) is 2.45. The van der Waals surface area contributed by atoms with Gasteiger partial charge in [-0.3, -0.25) is 0 Å². The summed E-state index contributed by atoms with van der Waals surface area (Å²) >= 11 is 0. The van der Waals surface area contributed by atoms with Crippen LogP contribution in [0.4, 0.5) is 0 Å². The molecule has 1 rings (SSSR count). The van der Waals surface area contributed by atoms with E-state index < -0.39 is 5.97 Å². The number of carboxylic acids is 1. The fraction of sp³-hybridized carbons (Fsp3) is 0.357. The number of hydrogen-bond acceptors (Lipinski definition) is 3. The maximum atomic E-state index is 10.8. The highest BCUT2D eigenvalue weighted by Crippen LogP contribution is 2.12. The lowest BCUT2D eigenvalue weighted by Crippen LogP contribution is -2.30. The SMILES string of the molecule is C#CC(CC)NCCOc1cccc(C(=O)O)c1. The van der Waals surface area contributed by atoms with Crippen molar-refractivity contribution >= 4 is 5.97 Å². The van der Waals surface area contributed by atoms with Crippen LogP contribution in [0.2, 0.25) is 0 Å². The first-order chi connectivity index (χ1) is 8.67. The molecule has 1 atom stereocenters. The average molecular weight is 247 g/mol. The second-order valence-electron chi connectivity index (χ2n) is 3.76. The highest BCUT2D eigenvalue weighted by molar-refractivity contribution is 5.87. The van der Waals surface area contributed by atoms with E-state index in [0.717, 1.165) is 6.42 Å². The zero-order valence-corrected chi connectivity index (χ0v) is 10.3. The Morgan fingerprint density at radius 3 is 3.00 bits per heavy atom. The van der Waals surface area contributed by atoms with E-state index in [1.807, 2.05) is 6.92 Å². The minimum absolute atomic E-state index is 0.0546. The van der Waals surface area contributed by atoms with E-state index in [1.165, 1.54) is 12.1 Å². The van der Waals surface area contributed by atoms with Crippen LogP contribution in [0.1, 0.15) is 23.7 Å². The summed E-state index contributed by atoms with van der Waals surface area (Å²) in [4.78, 5) is 10.8. The number of rotatable bonds is 7. The van der Waals surface area contributed by atoms with Gasteiger partial charge in [-0.05, 0) is 24.6 Å². The first-order valence-electron chi connectivity index (χ1n) is 5.83. The van der Waals surface area contributed by atoms with Crippen LogP contribution in [0, 0.1) is 12.3 Å². The van der Waals surface area contributed by atoms with Gasteiger partial charge in [-0.1, -0.05) is 18.9 Å². The summed E-state index contributed by atoms with van der Waals surface area (Å²) in [7, 11) is 0. The van der Waals surface area contributed by atoms with E-state index in [0.29, 0.717) is 18.9 Å². The number of carbonyl (C=O) groups is 1. The molecule has 0 spiro atoms. The number of hydrogen-bond donors (Lipinski definition) is 2. The van der Waals surface area contributed by atoms with Crippen LogP contribution in [0.3, 0.4) is 0 Å². The predicted molar refractivity (Wildman–Crippen MR) is 69.8 cm³/mol. The smallest absolute Gasteiger partial charge is 0.335 e. The molecule has 1 aromatic carbocycles. The molecule has 0 saturated carbocycles. The highest BCUT2D eigenvalue weighted by Gasteiger charge is 2.04. The molecule has 0 radical (unpaired) electrons. The summed E-state index contributed by atoms with van der Waals surface area (Å²) in [6, 6.07) is 6.46. The van der Waals surface area contributed by atoms with E-state index in [-0.39, 0.29) is 11.6 Å². The number of carboxylic acid groups (broad SMARTS) is 1. The third kappa shape index (κ3) is 4.48. The summed E-state index contributed by atoms with van der Waals surface area (Å²) in [6.07, 6.45) is 6.18. The van der Waals surface area contributed by atoms with E-state index in [4.69, 9.17) is 16.3 Å². The molecule has 1 unspecified atom stereocenters. The molecule has 96 valence electrons. The van der Waals surface area contributed by atoms with Gasteiger partial charge in [0.25, 0.3) is 0 Å². The molecule has 2 N–H and O–H groups in total. The van der Waals surface area contributed by atoms with E-state index in [1.54, 1.807) is 12.1 Å². The Hall–Kier alpha value is -1.99. The summed E-state index contributed by atoms with van der Waals surface area (Å²) in [5.41, 5.74) is 0.218. The Bertz CT molecular complexity index is 437. The summed E-state index contributed by atoms with van der Waals surface area (Å²) < 4.78 is 5.44. The van der Waals surface area contributed by atoms with Crippen molar-refractivity contribution in [1.82, 2.24) is 5.32 Å². The van der Waals surface area contributed by atoms with Gasteiger partial charge in [-0.25, -0.2) is 4.79 Å². The number of aromatic carboxylic acids is 1. The van der Waals surface area contributed by atoms with Crippen molar-refractivity contribution in [1.29, 1.82) is 0 Å². The predicted octanol–water partition coefficient (Wildman–Crippen LogP) is 1.77. The fourth-order valence-corrected chi connectivity index (χ4v) is 1.44. The number of nitrogens with one attached hydrogen (secondary N) is 1. The molecule has 0 saturated heterocycles. The Balaban J connectivity index is 2.38. The van der Waals surface area contributed by atoms with Crippen LogP contribution in [0.5, 0.6) is 5.75 Å². The topological polar surface area (TPSA) is 58.6 Å². The molecule has 0 aliphatic carbocycles. The van der Waals surface area contributed by atoms with Crippen molar-refractivity contribution in [2.24, 2.45) is 0 Å². The first kappa shape index (κ1) is 14.1. The van der Waals surface area contributed by atoms with Gasteiger partial charge in [-0.2, -0.15) is 0 Å². The summed E-state index contributed by atoms with van der Waals surface area (Å²) in [5, 5.41) is 12.0. The van der Waals surface area contributed by atoms with Gasteiger partial charge in [0, 0.05) is 6.54 Å². The average Bonchev–Trinajstić information content (AvgIpc) is 2.39. The third-order valence-corrected chi connectivity index (χ3v) is 2.45. The van der Waals surface area contributed by atoms with Crippen molar-refractivity contribution in [2.45, 2.75) is 19.4 Å². The second-order valence-corrected chi connectivity index (χ2v) is 3.76. The van der Waals surface area contributed by atoms with Crippen molar-refractivity contribution < 1.29 is 14.6 Å². The molecule has 4 nitrogen and oxygen atoms in total. The molecular formula is C14H17NO3. The monoisotopic (exact) mass is 247 g/mol. The fourth-order valence-electron chi connectivity index (χ4n) is 1.44. The van der Waals surface area contributed by atoms with E-state index in [2.05, 4.69) is 11.2 Å². The normalized spacial score (nSPS) is 11.6. The maximum Gasteiger partial charge on any atom is 0.335 e. The van der Waals surface area contributed by atoms with Gasteiger partial charge in [0.15, 0.2) is 0 Å². The van der Waals surface area contributed by atoms with Crippen LogP contribution in [0.25, 0.3) is 0 Å². The zero-order chi connectivity index (χ0) is 13.4. The first-order valence-corrected chi connectivity index (χ1v) is 5.83. The highest BCUT2D eigenvalue weighted by atomic mass is 16.5. The number of terminal acetylenes is 1. The van der Waals surface area contributed by atoms with Gasteiger partial charge >= 0.3 is 5.97 Å². The molecule has 0 heterocycles.